The summed E-state index contributed by atoms with van der Waals surface area (Å²) in [6.45, 7) is 6.34. The molecule has 2 N–H and O–H groups in total. The van der Waals surface area contributed by atoms with Crippen LogP contribution in [0.5, 0.6) is 0 Å². The van der Waals surface area contributed by atoms with Crippen LogP contribution >= 0.6 is 0 Å². The van der Waals surface area contributed by atoms with Crippen LogP contribution in [-0.4, -0.2) is 47.1 Å². The molecule has 0 spiro atoms. The van der Waals surface area contributed by atoms with E-state index < -0.39 is 5.97 Å². The Balaban J connectivity index is 1.67. The Morgan fingerprint density at radius 1 is 1.35 bits per heavy atom. The Kier molecular flexibility index (Phi) is 4.76. The number of fused-ring (bicyclic) bond motifs is 1. The van der Waals surface area contributed by atoms with E-state index in [9.17, 15) is 9.90 Å². The lowest BCUT2D eigenvalue weighted by atomic mass is 9.99. The molecule has 3 rings (SSSR count). The normalized spacial score (nSPS) is 16.6. The second kappa shape index (κ2) is 6.96. The van der Waals surface area contributed by atoms with Crippen LogP contribution in [0.25, 0.3) is 10.9 Å². The van der Waals surface area contributed by atoms with Crippen LogP contribution in [0, 0.1) is 5.92 Å². The van der Waals surface area contributed by atoms with Crippen molar-refractivity contribution in [3.63, 3.8) is 0 Å². The molecular weight excluding hydrogens is 290 g/mol. The number of likely N-dealkylation sites (tertiary alicyclic amines) is 1. The smallest absolute Gasteiger partial charge is 0.336 e. The third kappa shape index (κ3) is 3.79. The highest BCUT2D eigenvalue weighted by Crippen LogP contribution is 2.21. The van der Waals surface area contributed by atoms with Crippen LogP contribution in [-0.2, 0) is 0 Å². The van der Waals surface area contributed by atoms with E-state index in [1.165, 1.54) is 12.8 Å². The number of hydrogen-bond acceptors (Lipinski definition) is 4. The second-order valence-electron chi connectivity index (χ2n) is 6.33. The number of aromatic carboxylic acids is 1. The van der Waals surface area contributed by atoms with E-state index in [-0.39, 0.29) is 0 Å². The van der Waals surface area contributed by atoms with Crippen LogP contribution in [0.3, 0.4) is 0 Å². The Morgan fingerprint density at radius 2 is 2.09 bits per heavy atom. The number of hydrogen-bond donors (Lipinski definition) is 2. The number of benzene rings is 1. The fourth-order valence-corrected chi connectivity index (χ4v) is 3.07. The van der Waals surface area contributed by atoms with Gasteiger partial charge in [0, 0.05) is 18.5 Å². The Bertz CT molecular complexity index is 694. The quantitative estimate of drug-likeness (QED) is 0.888. The maximum atomic E-state index is 11.5. The highest BCUT2D eigenvalue weighted by atomic mass is 16.4. The molecule has 122 valence electrons. The van der Waals surface area contributed by atoms with Crippen LogP contribution < -0.4 is 5.32 Å². The van der Waals surface area contributed by atoms with Crippen LogP contribution in [0.4, 0.5) is 5.82 Å². The van der Waals surface area contributed by atoms with Crippen molar-refractivity contribution in [2.24, 2.45) is 5.92 Å². The van der Waals surface area contributed by atoms with Gasteiger partial charge in [-0.2, -0.15) is 0 Å². The zero-order valence-electron chi connectivity index (χ0n) is 13.5. The molecule has 23 heavy (non-hydrogen) atoms. The lowest BCUT2D eigenvalue weighted by molar-refractivity contribution is 0.0699. The molecule has 1 aliphatic rings. The van der Waals surface area contributed by atoms with Crippen molar-refractivity contribution in [3.8, 4) is 0 Å². The van der Waals surface area contributed by atoms with E-state index in [2.05, 4.69) is 22.1 Å². The highest BCUT2D eigenvalue weighted by Gasteiger charge is 2.15. The summed E-state index contributed by atoms with van der Waals surface area (Å²) in [5.41, 5.74) is 1.01. The fourth-order valence-electron chi connectivity index (χ4n) is 3.07. The Hall–Kier alpha value is -2.14. The van der Waals surface area contributed by atoms with Gasteiger partial charge in [0.15, 0.2) is 0 Å². The maximum Gasteiger partial charge on any atom is 0.336 e. The molecule has 1 saturated heterocycles. The van der Waals surface area contributed by atoms with Gasteiger partial charge in [0.1, 0.15) is 5.82 Å². The molecule has 5 nitrogen and oxygen atoms in total. The van der Waals surface area contributed by atoms with E-state index in [4.69, 9.17) is 0 Å². The van der Waals surface area contributed by atoms with Crippen molar-refractivity contribution in [2.75, 3.05) is 31.5 Å². The summed E-state index contributed by atoms with van der Waals surface area (Å²) in [7, 11) is 0. The van der Waals surface area contributed by atoms with Gasteiger partial charge in [0.25, 0.3) is 0 Å². The molecule has 2 heterocycles. The van der Waals surface area contributed by atoms with Crippen molar-refractivity contribution < 1.29 is 9.90 Å². The number of carbonyl (C=O) groups is 1. The first-order valence-electron chi connectivity index (χ1n) is 8.23. The molecule has 1 aliphatic heterocycles. The molecule has 0 atom stereocenters. The predicted molar refractivity (Wildman–Crippen MR) is 92.0 cm³/mol. The summed E-state index contributed by atoms with van der Waals surface area (Å²) in [6.07, 6.45) is 2.52. The van der Waals surface area contributed by atoms with Gasteiger partial charge in [-0.1, -0.05) is 25.1 Å². The number of aromatic nitrogens is 1. The number of piperidine rings is 1. The molecule has 0 saturated carbocycles. The first kappa shape index (κ1) is 15.7. The standard InChI is InChI=1S/C18H23N3O2/c1-13-6-9-21(10-7-13)11-8-19-17-12-15(18(22)23)14-4-2-3-5-16(14)20-17/h2-5,12-13H,6-11H2,1H3,(H,19,20)(H,22,23). The predicted octanol–water partition coefficient (Wildman–Crippen LogP) is 3.08. The molecule has 0 aliphatic carbocycles. The molecule has 0 amide bonds. The Labute approximate surface area is 136 Å². The van der Waals surface area contributed by atoms with Gasteiger partial charge < -0.3 is 15.3 Å². The number of pyridine rings is 1. The molecule has 0 unspecified atom stereocenters. The van der Waals surface area contributed by atoms with Crippen LogP contribution in [0.2, 0.25) is 0 Å². The van der Waals surface area contributed by atoms with E-state index in [1.807, 2.05) is 18.2 Å². The molecule has 2 aromatic rings. The molecule has 0 bridgehead atoms. The number of nitrogens with one attached hydrogen (secondary N) is 1. The highest BCUT2D eigenvalue weighted by molar-refractivity contribution is 6.03. The average Bonchev–Trinajstić information content (AvgIpc) is 2.56. The van der Waals surface area contributed by atoms with Crippen molar-refractivity contribution in [3.05, 3.63) is 35.9 Å². The van der Waals surface area contributed by atoms with E-state index in [0.29, 0.717) is 22.3 Å². The number of anilines is 1. The number of para-hydroxylation sites is 1. The van der Waals surface area contributed by atoms with E-state index in [0.717, 1.165) is 32.1 Å². The van der Waals surface area contributed by atoms with Gasteiger partial charge >= 0.3 is 5.97 Å². The number of carboxylic acids is 1. The lowest BCUT2D eigenvalue weighted by Gasteiger charge is -2.30. The van der Waals surface area contributed by atoms with Gasteiger partial charge in [-0.3, -0.25) is 0 Å². The maximum absolute atomic E-state index is 11.5. The zero-order chi connectivity index (χ0) is 16.2. The molecule has 1 fully saturated rings. The number of carboxylic acid groups (broad SMARTS) is 1. The fraction of sp³-hybridized carbons (Fsp3) is 0.444. The van der Waals surface area contributed by atoms with Crippen LogP contribution in [0.1, 0.15) is 30.1 Å². The monoisotopic (exact) mass is 313 g/mol. The first-order chi connectivity index (χ1) is 11.1. The summed E-state index contributed by atoms with van der Waals surface area (Å²) in [4.78, 5) is 18.4. The second-order valence-corrected chi connectivity index (χ2v) is 6.33. The minimum atomic E-state index is -0.920. The van der Waals surface area contributed by atoms with E-state index in [1.54, 1.807) is 12.1 Å². The topological polar surface area (TPSA) is 65.5 Å². The number of rotatable bonds is 5. The summed E-state index contributed by atoms with van der Waals surface area (Å²) in [6, 6.07) is 8.98. The zero-order valence-corrected chi connectivity index (χ0v) is 13.5. The average molecular weight is 313 g/mol. The van der Waals surface area contributed by atoms with Gasteiger partial charge in [-0.25, -0.2) is 9.78 Å². The molecule has 5 heteroatoms. The SMILES string of the molecule is CC1CCN(CCNc2cc(C(=O)O)c3ccccc3n2)CC1. The summed E-state index contributed by atoms with van der Waals surface area (Å²) in [5.74, 6) is 0.544. The third-order valence-electron chi connectivity index (χ3n) is 4.56. The van der Waals surface area contributed by atoms with Gasteiger partial charge in [-0.15, -0.1) is 0 Å². The van der Waals surface area contributed by atoms with Crippen molar-refractivity contribution >= 4 is 22.7 Å². The minimum Gasteiger partial charge on any atom is -0.478 e. The summed E-state index contributed by atoms with van der Waals surface area (Å²) in [5, 5.41) is 13.3. The minimum absolute atomic E-state index is 0.296. The Morgan fingerprint density at radius 3 is 2.83 bits per heavy atom. The first-order valence-corrected chi connectivity index (χ1v) is 8.23. The molecule has 1 aromatic carbocycles. The number of nitrogens with zero attached hydrogens (tertiary/aromatic N) is 2. The van der Waals surface area contributed by atoms with Gasteiger partial charge in [-0.05, 0) is 44.0 Å². The van der Waals surface area contributed by atoms with Gasteiger partial charge in [0.05, 0.1) is 11.1 Å². The van der Waals surface area contributed by atoms with Crippen molar-refractivity contribution in [2.45, 2.75) is 19.8 Å². The third-order valence-corrected chi connectivity index (χ3v) is 4.56. The molecule has 0 radical (unpaired) electrons. The summed E-state index contributed by atoms with van der Waals surface area (Å²) < 4.78 is 0. The van der Waals surface area contributed by atoms with Crippen molar-refractivity contribution in [1.82, 2.24) is 9.88 Å². The molecular formula is C18H23N3O2. The van der Waals surface area contributed by atoms with E-state index >= 15 is 0 Å². The van der Waals surface area contributed by atoms with Crippen molar-refractivity contribution in [1.29, 1.82) is 0 Å². The summed E-state index contributed by atoms with van der Waals surface area (Å²) >= 11 is 0. The lowest BCUT2D eigenvalue weighted by Crippen LogP contribution is -2.36. The van der Waals surface area contributed by atoms with Crippen LogP contribution in [0.15, 0.2) is 30.3 Å². The van der Waals surface area contributed by atoms with Gasteiger partial charge in [0.2, 0.25) is 0 Å². The molecule has 1 aromatic heterocycles. The largest absolute Gasteiger partial charge is 0.478 e.